The largest absolute Gasteiger partial charge is 0.478 e. The van der Waals surface area contributed by atoms with Gasteiger partial charge in [-0.15, -0.1) is 0 Å². The molecular formula is C13H10FN3O4. The van der Waals surface area contributed by atoms with E-state index in [-0.39, 0.29) is 11.5 Å². The van der Waals surface area contributed by atoms with Crippen LogP contribution in [0.1, 0.15) is 15.9 Å². The highest BCUT2D eigenvalue weighted by Crippen LogP contribution is 2.25. The molecule has 0 atom stereocenters. The smallest absolute Gasteiger partial charge is 0.339 e. The van der Waals surface area contributed by atoms with Crippen molar-refractivity contribution in [3.8, 4) is 0 Å². The van der Waals surface area contributed by atoms with Crippen LogP contribution in [0.15, 0.2) is 30.5 Å². The molecule has 21 heavy (non-hydrogen) atoms. The lowest BCUT2D eigenvalue weighted by molar-refractivity contribution is -0.385. The van der Waals surface area contributed by atoms with Crippen molar-refractivity contribution in [1.29, 1.82) is 0 Å². The number of aromatic nitrogens is 1. The van der Waals surface area contributed by atoms with Crippen LogP contribution in [0, 0.1) is 22.9 Å². The highest BCUT2D eigenvalue weighted by molar-refractivity contribution is 5.94. The number of hydrogen-bond acceptors (Lipinski definition) is 5. The highest BCUT2D eigenvalue weighted by Gasteiger charge is 2.18. The first-order valence-electron chi connectivity index (χ1n) is 5.79. The molecule has 7 nitrogen and oxygen atoms in total. The molecule has 2 N–H and O–H groups in total. The first-order chi connectivity index (χ1) is 9.88. The maximum absolute atomic E-state index is 13.6. The minimum Gasteiger partial charge on any atom is -0.478 e. The number of nitrogens with zero attached hydrogens (tertiary/aromatic N) is 2. The number of rotatable bonds is 4. The summed E-state index contributed by atoms with van der Waals surface area (Å²) in [6.45, 7) is 1.74. The third-order valence-electron chi connectivity index (χ3n) is 2.69. The minimum atomic E-state index is -1.40. The molecule has 1 aromatic heterocycles. The molecule has 0 aliphatic carbocycles. The van der Waals surface area contributed by atoms with Crippen LogP contribution >= 0.6 is 0 Å². The van der Waals surface area contributed by atoms with Gasteiger partial charge in [-0.25, -0.2) is 14.2 Å². The third kappa shape index (κ3) is 3.11. The monoisotopic (exact) mass is 291 g/mol. The fourth-order valence-electron chi connectivity index (χ4n) is 1.68. The van der Waals surface area contributed by atoms with E-state index in [1.807, 2.05) is 0 Å². The Morgan fingerprint density at radius 3 is 2.76 bits per heavy atom. The van der Waals surface area contributed by atoms with Crippen LogP contribution in [0.3, 0.4) is 0 Å². The first-order valence-corrected chi connectivity index (χ1v) is 5.79. The van der Waals surface area contributed by atoms with Gasteiger partial charge in [0.2, 0.25) is 0 Å². The van der Waals surface area contributed by atoms with E-state index in [1.54, 1.807) is 13.0 Å². The third-order valence-corrected chi connectivity index (χ3v) is 2.69. The molecule has 2 rings (SSSR count). The number of carboxylic acid groups (broad SMARTS) is 1. The summed E-state index contributed by atoms with van der Waals surface area (Å²) in [6.07, 6.45) is 0.905. The van der Waals surface area contributed by atoms with E-state index in [1.165, 1.54) is 12.1 Å². The topological polar surface area (TPSA) is 105 Å². The van der Waals surface area contributed by atoms with Gasteiger partial charge < -0.3 is 10.4 Å². The fourth-order valence-corrected chi connectivity index (χ4v) is 1.68. The van der Waals surface area contributed by atoms with Crippen molar-refractivity contribution in [3.63, 3.8) is 0 Å². The summed E-state index contributed by atoms with van der Waals surface area (Å²) in [4.78, 5) is 24.7. The summed E-state index contributed by atoms with van der Waals surface area (Å²) in [7, 11) is 0. The van der Waals surface area contributed by atoms with Gasteiger partial charge in [0.1, 0.15) is 23.4 Å². The van der Waals surface area contributed by atoms with E-state index in [4.69, 9.17) is 5.11 Å². The predicted octanol–water partition coefficient (Wildman–Crippen LogP) is 2.88. The van der Waals surface area contributed by atoms with Crippen molar-refractivity contribution in [3.05, 3.63) is 57.5 Å². The number of anilines is 2. The van der Waals surface area contributed by atoms with E-state index in [2.05, 4.69) is 10.3 Å². The number of hydrogen-bond donors (Lipinski definition) is 2. The molecule has 0 fully saturated rings. The second-order valence-electron chi connectivity index (χ2n) is 4.26. The minimum absolute atomic E-state index is 0.0406. The second-order valence-corrected chi connectivity index (χ2v) is 4.26. The number of benzene rings is 1. The normalized spacial score (nSPS) is 10.2. The summed E-state index contributed by atoms with van der Waals surface area (Å²) in [5.74, 6) is -2.16. The van der Waals surface area contributed by atoms with Crippen LogP contribution in [-0.2, 0) is 0 Å². The molecule has 0 saturated heterocycles. The lowest BCUT2D eigenvalue weighted by atomic mass is 10.2. The summed E-state index contributed by atoms with van der Waals surface area (Å²) in [5, 5.41) is 22.3. The van der Waals surface area contributed by atoms with Gasteiger partial charge in [0, 0.05) is 6.07 Å². The molecule has 1 heterocycles. The maximum atomic E-state index is 13.6. The predicted molar refractivity (Wildman–Crippen MR) is 72.3 cm³/mol. The molecule has 0 bridgehead atoms. The van der Waals surface area contributed by atoms with Gasteiger partial charge >= 0.3 is 5.97 Å². The molecular weight excluding hydrogens is 281 g/mol. The molecule has 0 spiro atoms. The zero-order valence-corrected chi connectivity index (χ0v) is 10.8. The van der Waals surface area contributed by atoms with E-state index in [9.17, 15) is 19.3 Å². The van der Waals surface area contributed by atoms with Crippen molar-refractivity contribution in [2.24, 2.45) is 0 Å². The summed E-state index contributed by atoms with van der Waals surface area (Å²) >= 11 is 0. The fraction of sp³-hybridized carbons (Fsp3) is 0.0769. The van der Waals surface area contributed by atoms with Gasteiger partial charge in [0.25, 0.3) is 5.69 Å². The second kappa shape index (κ2) is 5.53. The molecule has 8 heteroatoms. The molecule has 1 aromatic carbocycles. The van der Waals surface area contributed by atoms with Crippen LogP contribution in [-0.4, -0.2) is 21.0 Å². The van der Waals surface area contributed by atoms with Gasteiger partial charge in [-0.3, -0.25) is 10.1 Å². The van der Waals surface area contributed by atoms with Crippen molar-refractivity contribution < 1.29 is 19.2 Å². The number of nitro groups is 1. The SMILES string of the molecule is Cc1ccc(F)c(Nc2ncc([N+](=O)[O-])cc2C(=O)O)c1. The van der Waals surface area contributed by atoms with E-state index in [0.717, 1.165) is 17.8 Å². The molecule has 0 amide bonds. The number of aryl methyl sites for hydroxylation is 1. The average Bonchev–Trinajstić information content (AvgIpc) is 2.42. The molecule has 0 radical (unpaired) electrons. The van der Waals surface area contributed by atoms with Crippen LogP contribution in [0.5, 0.6) is 0 Å². The average molecular weight is 291 g/mol. The van der Waals surface area contributed by atoms with Gasteiger partial charge in [-0.2, -0.15) is 0 Å². The maximum Gasteiger partial charge on any atom is 0.339 e. The van der Waals surface area contributed by atoms with E-state index >= 15 is 0 Å². The number of pyridine rings is 1. The first kappa shape index (κ1) is 14.4. The summed E-state index contributed by atoms with van der Waals surface area (Å²) in [5.41, 5.74) is -0.0655. The molecule has 0 aliphatic heterocycles. The van der Waals surface area contributed by atoms with Crippen LogP contribution in [0.2, 0.25) is 0 Å². The Morgan fingerprint density at radius 2 is 2.14 bits per heavy atom. The van der Waals surface area contributed by atoms with Gasteiger partial charge in [-0.05, 0) is 24.6 Å². The molecule has 108 valence electrons. The number of carboxylic acids is 1. The van der Waals surface area contributed by atoms with Gasteiger partial charge in [0.05, 0.1) is 10.6 Å². The quantitative estimate of drug-likeness (QED) is 0.662. The van der Waals surface area contributed by atoms with Crippen LogP contribution in [0.4, 0.5) is 21.6 Å². The Hall–Kier alpha value is -3.03. The lowest BCUT2D eigenvalue weighted by Gasteiger charge is -2.10. The van der Waals surface area contributed by atoms with Crippen LogP contribution < -0.4 is 5.32 Å². The molecule has 0 saturated carbocycles. The van der Waals surface area contributed by atoms with Gasteiger partial charge in [0.15, 0.2) is 0 Å². The molecule has 0 unspecified atom stereocenters. The van der Waals surface area contributed by atoms with Crippen molar-refractivity contribution in [2.45, 2.75) is 6.92 Å². The number of halogens is 1. The lowest BCUT2D eigenvalue weighted by Crippen LogP contribution is -2.07. The number of carbonyl (C=O) groups is 1. The Kier molecular flexibility index (Phi) is 3.79. The number of nitrogens with one attached hydrogen (secondary N) is 1. The van der Waals surface area contributed by atoms with Crippen LogP contribution in [0.25, 0.3) is 0 Å². The van der Waals surface area contributed by atoms with E-state index in [0.29, 0.717) is 0 Å². The summed E-state index contributed by atoms with van der Waals surface area (Å²) < 4.78 is 13.6. The standard InChI is InChI=1S/C13H10FN3O4/c1-7-2-3-10(14)11(4-7)16-12-9(13(18)19)5-8(6-15-12)17(20)21/h2-6H,1H3,(H,15,16)(H,18,19). The molecule has 2 aromatic rings. The zero-order valence-electron chi connectivity index (χ0n) is 10.8. The summed E-state index contributed by atoms with van der Waals surface area (Å²) in [6, 6.07) is 5.13. The Labute approximate surface area is 118 Å². The molecule has 0 aliphatic rings. The highest BCUT2D eigenvalue weighted by atomic mass is 19.1. The Balaban J connectivity index is 2.46. The van der Waals surface area contributed by atoms with Crippen molar-refractivity contribution in [1.82, 2.24) is 4.98 Å². The van der Waals surface area contributed by atoms with E-state index < -0.39 is 28.0 Å². The number of aromatic carboxylic acids is 1. The van der Waals surface area contributed by atoms with Crippen molar-refractivity contribution >= 4 is 23.2 Å². The zero-order chi connectivity index (χ0) is 15.6. The van der Waals surface area contributed by atoms with Gasteiger partial charge in [-0.1, -0.05) is 6.07 Å². The van der Waals surface area contributed by atoms with Crippen molar-refractivity contribution in [2.75, 3.05) is 5.32 Å². The Morgan fingerprint density at radius 1 is 1.43 bits per heavy atom. The Bertz CT molecular complexity index is 733.